The van der Waals surface area contributed by atoms with Gasteiger partial charge in [-0.3, -0.25) is 4.79 Å². The van der Waals surface area contributed by atoms with E-state index in [0.717, 1.165) is 5.56 Å². The van der Waals surface area contributed by atoms with Gasteiger partial charge in [-0.15, -0.1) is 0 Å². The smallest absolute Gasteiger partial charge is 0.209 e. The lowest BCUT2D eigenvalue weighted by Crippen LogP contribution is -2.41. The summed E-state index contributed by atoms with van der Waals surface area (Å²) in [5.41, 5.74) is 1.01. The van der Waals surface area contributed by atoms with Gasteiger partial charge < -0.3 is 19.2 Å². The molecular formula is C14H23NO4Si. The SMILES string of the molecule is COc1ccc(CC(NC=O)O[Si](C)(C)C)cc1OC. The molecule has 0 radical (unpaired) electrons. The van der Waals surface area contributed by atoms with Crippen molar-refractivity contribution in [2.24, 2.45) is 0 Å². The molecule has 0 heterocycles. The number of hydrogen-bond donors (Lipinski definition) is 1. The molecule has 0 fully saturated rings. The quantitative estimate of drug-likeness (QED) is 0.454. The summed E-state index contributed by atoms with van der Waals surface area (Å²) in [7, 11) is 1.47. The maximum atomic E-state index is 10.7. The molecule has 20 heavy (non-hydrogen) atoms. The Bertz CT molecular complexity index is 445. The van der Waals surface area contributed by atoms with Gasteiger partial charge in [-0.05, 0) is 37.3 Å². The first kappa shape index (κ1) is 16.5. The summed E-state index contributed by atoms with van der Waals surface area (Å²) in [5.74, 6) is 1.35. The third-order valence-electron chi connectivity index (χ3n) is 2.62. The predicted molar refractivity (Wildman–Crippen MR) is 80.7 cm³/mol. The number of methoxy groups -OCH3 is 2. The second-order valence-corrected chi connectivity index (χ2v) is 9.86. The minimum atomic E-state index is -1.73. The number of ether oxygens (including phenoxy) is 2. The highest BCUT2D eigenvalue weighted by Crippen LogP contribution is 2.28. The van der Waals surface area contributed by atoms with Crippen LogP contribution in [0.3, 0.4) is 0 Å². The van der Waals surface area contributed by atoms with Crippen molar-refractivity contribution in [3.63, 3.8) is 0 Å². The van der Waals surface area contributed by atoms with Crippen molar-refractivity contribution in [2.45, 2.75) is 32.3 Å². The Hall–Kier alpha value is -1.53. The minimum Gasteiger partial charge on any atom is -0.493 e. The summed E-state index contributed by atoms with van der Waals surface area (Å²) >= 11 is 0. The zero-order valence-electron chi connectivity index (χ0n) is 12.7. The molecule has 0 aliphatic heterocycles. The van der Waals surface area contributed by atoms with Crippen LogP contribution in [0, 0.1) is 0 Å². The van der Waals surface area contributed by atoms with Crippen LogP contribution in [-0.4, -0.2) is 35.2 Å². The second-order valence-electron chi connectivity index (χ2n) is 5.40. The molecule has 1 unspecified atom stereocenters. The van der Waals surface area contributed by atoms with Gasteiger partial charge in [-0.1, -0.05) is 6.07 Å². The van der Waals surface area contributed by atoms with Gasteiger partial charge in [-0.2, -0.15) is 0 Å². The molecule has 1 aromatic rings. The largest absolute Gasteiger partial charge is 0.493 e. The third-order valence-corrected chi connectivity index (χ3v) is 3.61. The topological polar surface area (TPSA) is 56.8 Å². The van der Waals surface area contributed by atoms with E-state index in [4.69, 9.17) is 13.9 Å². The van der Waals surface area contributed by atoms with Crippen molar-refractivity contribution in [1.29, 1.82) is 0 Å². The highest BCUT2D eigenvalue weighted by atomic mass is 28.4. The Morgan fingerprint density at radius 1 is 1.20 bits per heavy atom. The lowest BCUT2D eigenvalue weighted by molar-refractivity contribution is -0.111. The molecular weight excluding hydrogens is 274 g/mol. The fourth-order valence-electron chi connectivity index (χ4n) is 1.86. The van der Waals surface area contributed by atoms with Crippen molar-refractivity contribution in [2.75, 3.05) is 14.2 Å². The van der Waals surface area contributed by atoms with Gasteiger partial charge in [0.1, 0.15) is 6.23 Å². The van der Waals surface area contributed by atoms with Crippen LogP contribution < -0.4 is 14.8 Å². The van der Waals surface area contributed by atoms with Gasteiger partial charge >= 0.3 is 0 Å². The molecule has 0 aliphatic carbocycles. The molecule has 1 N–H and O–H groups in total. The molecule has 112 valence electrons. The number of amides is 1. The van der Waals surface area contributed by atoms with E-state index < -0.39 is 8.32 Å². The van der Waals surface area contributed by atoms with E-state index in [1.165, 1.54) is 0 Å². The van der Waals surface area contributed by atoms with Gasteiger partial charge in [0, 0.05) is 6.42 Å². The number of rotatable bonds is 8. The van der Waals surface area contributed by atoms with E-state index in [0.29, 0.717) is 24.3 Å². The maximum absolute atomic E-state index is 10.7. The molecule has 1 atom stereocenters. The zero-order chi connectivity index (χ0) is 15.2. The number of carbonyl (C=O) groups excluding carboxylic acids is 1. The maximum Gasteiger partial charge on any atom is 0.209 e. The van der Waals surface area contributed by atoms with Gasteiger partial charge in [0.05, 0.1) is 14.2 Å². The molecule has 0 aliphatic rings. The van der Waals surface area contributed by atoms with Crippen LogP contribution in [-0.2, 0) is 15.6 Å². The normalized spacial score (nSPS) is 12.7. The van der Waals surface area contributed by atoms with Gasteiger partial charge in [0.2, 0.25) is 6.41 Å². The Morgan fingerprint density at radius 3 is 2.35 bits per heavy atom. The summed E-state index contributed by atoms with van der Waals surface area (Å²) in [6.07, 6.45) is 0.937. The van der Waals surface area contributed by atoms with E-state index in [9.17, 15) is 4.79 Å². The van der Waals surface area contributed by atoms with Gasteiger partial charge in [-0.25, -0.2) is 0 Å². The van der Waals surface area contributed by atoms with Crippen molar-refractivity contribution in [3.05, 3.63) is 23.8 Å². The Balaban J connectivity index is 2.85. The lowest BCUT2D eigenvalue weighted by Gasteiger charge is -2.26. The molecule has 5 nitrogen and oxygen atoms in total. The van der Waals surface area contributed by atoms with Crippen LogP contribution in [0.5, 0.6) is 11.5 Å². The average molecular weight is 297 g/mol. The first-order chi connectivity index (χ1) is 9.39. The summed E-state index contributed by atoms with van der Waals surface area (Å²) in [4.78, 5) is 10.7. The van der Waals surface area contributed by atoms with Gasteiger partial charge in [0.25, 0.3) is 0 Å². The molecule has 0 saturated carbocycles. The third kappa shape index (κ3) is 5.22. The molecule has 0 spiro atoms. The first-order valence-electron chi connectivity index (χ1n) is 6.48. The summed E-state index contributed by atoms with van der Waals surface area (Å²) < 4.78 is 16.4. The second kappa shape index (κ2) is 7.30. The molecule has 1 rings (SSSR count). The number of carbonyl (C=O) groups is 1. The molecule has 0 aromatic heterocycles. The van der Waals surface area contributed by atoms with Crippen LogP contribution in [0.2, 0.25) is 19.6 Å². The molecule has 1 amide bonds. The van der Waals surface area contributed by atoms with Crippen molar-refractivity contribution in [1.82, 2.24) is 5.32 Å². The molecule has 1 aromatic carbocycles. The highest BCUT2D eigenvalue weighted by molar-refractivity contribution is 6.69. The van der Waals surface area contributed by atoms with Crippen LogP contribution >= 0.6 is 0 Å². The monoisotopic (exact) mass is 297 g/mol. The van der Waals surface area contributed by atoms with Crippen LogP contribution in [0.4, 0.5) is 0 Å². The predicted octanol–water partition coefficient (Wildman–Crippen LogP) is 2.17. The van der Waals surface area contributed by atoms with Crippen LogP contribution in [0.25, 0.3) is 0 Å². The first-order valence-corrected chi connectivity index (χ1v) is 9.89. The average Bonchev–Trinajstić information content (AvgIpc) is 2.37. The van der Waals surface area contributed by atoms with E-state index in [2.05, 4.69) is 25.0 Å². The van der Waals surface area contributed by atoms with Crippen molar-refractivity contribution >= 4 is 14.7 Å². The molecule has 0 bridgehead atoms. The Kier molecular flexibility index (Phi) is 6.03. The standard InChI is InChI=1S/C14H23NO4Si/c1-17-12-7-6-11(8-13(12)18-2)9-14(15-10-16)19-20(3,4)5/h6-8,10,14H,9H2,1-5H3,(H,15,16). The van der Waals surface area contributed by atoms with E-state index in [1.54, 1.807) is 14.2 Å². The van der Waals surface area contributed by atoms with E-state index in [-0.39, 0.29) is 6.23 Å². The van der Waals surface area contributed by atoms with Gasteiger partial charge in [0.15, 0.2) is 19.8 Å². The fourth-order valence-corrected chi connectivity index (χ4v) is 2.86. The molecule has 0 saturated heterocycles. The summed E-state index contributed by atoms with van der Waals surface area (Å²) in [5, 5.41) is 2.71. The van der Waals surface area contributed by atoms with E-state index in [1.807, 2.05) is 18.2 Å². The Morgan fingerprint density at radius 2 is 1.85 bits per heavy atom. The highest BCUT2D eigenvalue weighted by Gasteiger charge is 2.21. The number of benzene rings is 1. The fraction of sp³-hybridized carbons (Fsp3) is 0.500. The van der Waals surface area contributed by atoms with Crippen LogP contribution in [0.15, 0.2) is 18.2 Å². The molecule has 6 heteroatoms. The number of hydrogen-bond acceptors (Lipinski definition) is 4. The van der Waals surface area contributed by atoms with E-state index >= 15 is 0 Å². The summed E-state index contributed by atoms with van der Waals surface area (Å²) in [6.45, 7) is 6.25. The number of nitrogens with one attached hydrogen (secondary N) is 1. The lowest BCUT2D eigenvalue weighted by atomic mass is 10.1. The Labute approximate surface area is 121 Å². The van der Waals surface area contributed by atoms with Crippen molar-refractivity contribution < 1.29 is 18.7 Å². The van der Waals surface area contributed by atoms with Crippen molar-refractivity contribution in [3.8, 4) is 11.5 Å². The zero-order valence-corrected chi connectivity index (χ0v) is 13.7. The van der Waals surface area contributed by atoms with Crippen LogP contribution in [0.1, 0.15) is 5.56 Å². The summed E-state index contributed by atoms with van der Waals surface area (Å²) in [6, 6.07) is 5.68. The minimum absolute atomic E-state index is 0.322.